The van der Waals surface area contributed by atoms with Crippen molar-refractivity contribution in [2.45, 2.75) is 32.9 Å². The first-order chi connectivity index (χ1) is 13.8. The molecule has 3 aromatic rings. The Morgan fingerprint density at radius 1 is 1.28 bits per heavy atom. The van der Waals surface area contributed by atoms with Gasteiger partial charge in [-0.05, 0) is 32.9 Å². The smallest absolute Gasteiger partial charge is 0.253 e. The van der Waals surface area contributed by atoms with Crippen LogP contribution >= 0.6 is 0 Å². The fraction of sp³-hybridized carbons (Fsp3) is 0.250. The van der Waals surface area contributed by atoms with E-state index in [4.69, 9.17) is 5.73 Å². The van der Waals surface area contributed by atoms with Gasteiger partial charge in [0, 0.05) is 11.4 Å². The van der Waals surface area contributed by atoms with Crippen LogP contribution in [0.5, 0.6) is 0 Å². The lowest BCUT2D eigenvalue weighted by Crippen LogP contribution is -2.32. The number of pyridine rings is 1. The van der Waals surface area contributed by atoms with Crippen LogP contribution in [0.3, 0.4) is 0 Å². The van der Waals surface area contributed by atoms with E-state index in [1.807, 2.05) is 19.9 Å². The van der Waals surface area contributed by atoms with Crippen LogP contribution in [0.25, 0.3) is 10.9 Å². The van der Waals surface area contributed by atoms with Crippen LogP contribution in [0.1, 0.15) is 48.4 Å². The van der Waals surface area contributed by atoms with Crippen LogP contribution in [0.4, 0.5) is 16.0 Å². The number of rotatable bonds is 5. The number of hydrogen-bond donors (Lipinski definition) is 3. The summed E-state index contributed by atoms with van der Waals surface area (Å²) in [7, 11) is 0. The number of hydrogen-bond acceptors (Lipinski definition) is 7. The van der Waals surface area contributed by atoms with Gasteiger partial charge in [-0.2, -0.15) is 5.26 Å². The Balaban J connectivity index is 2.11. The van der Waals surface area contributed by atoms with Gasteiger partial charge in [0.05, 0.1) is 17.3 Å². The van der Waals surface area contributed by atoms with Crippen molar-refractivity contribution < 1.29 is 9.18 Å². The molecule has 2 aromatic heterocycles. The van der Waals surface area contributed by atoms with E-state index in [2.05, 4.69) is 25.6 Å². The number of nitrogens with zero attached hydrogens (tertiary/aromatic N) is 4. The average molecular weight is 393 g/mol. The van der Waals surface area contributed by atoms with Crippen LogP contribution in [0.2, 0.25) is 0 Å². The highest BCUT2D eigenvalue weighted by atomic mass is 19.1. The Morgan fingerprint density at radius 3 is 2.72 bits per heavy atom. The summed E-state index contributed by atoms with van der Waals surface area (Å²) in [5, 5.41) is 15.7. The molecule has 1 atom stereocenters. The molecule has 148 valence electrons. The number of benzene rings is 1. The van der Waals surface area contributed by atoms with Crippen LogP contribution in [0.15, 0.2) is 30.6 Å². The molecule has 0 saturated heterocycles. The highest BCUT2D eigenvalue weighted by Gasteiger charge is 2.22. The average Bonchev–Trinajstić information content (AvgIpc) is 2.67. The molecular weight excluding hydrogens is 373 g/mol. The molecule has 0 aliphatic heterocycles. The summed E-state index contributed by atoms with van der Waals surface area (Å²) in [5.74, 6) is -0.577. The zero-order valence-corrected chi connectivity index (χ0v) is 16.2. The standard InChI is InChI=1S/C20H20FN7O/c1-10(2)26-20(29)13-7-12-5-4-6-15(21)17(12)28-16(13)11(3)27-19-14(8-22)18(23)24-9-25-19/h4-7,9-11H,1-3H3,(H,26,29)(H3,23,24,25,27)/t11-/m0/s1. The molecule has 29 heavy (non-hydrogen) atoms. The molecule has 9 heteroatoms. The molecule has 0 aliphatic carbocycles. The fourth-order valence-electron chi connectivity index (χ4n) is 2.92. The van der Waals surface area contributed by atoms with E-state index in [0.717, 1.165) is 0 Å². The molecule has 8 nitrogen and oxygen atoms in total. The Hall–Kier alpha value is -3.80. The van der Waals surface area contributed by atoms with Gasteiger partial charge < -0.3 is 16.4 Å². The SMILES string of the molecule is CC(C)NC(=O)c1cc2cccc(F)c2nc1[C@H](C)Nc1ncnc(N)c1C#N. The normalized spacial score (nSPS) is 11.9. The van der Waals surface area contributed by atoms with Crippen molar-refractivity contribution in [1.29, 1.82) is 5.26 Å². The van der Waals surface area contributed by atoms with E-state index >= 15 is 0 Å². The third-order valence-corrected chi connectivity index (χ3v) is 4.24. The van der Waals surface area contributed by atoms with Gasteiger partial charge in [0.2, 0.25) is 0 Å². The van der Waals surface area contributed by atoms with Crippen molar-refractivity contribution in [3.63, 3.8) is 0 Å². The second kappa shape index (κ2) is 8.06. The Bertz CT molecular complexity index is 1120. The predicted octanol–water partition coefficient (Wildman–Crippen LogP) is 2.93. The molecule has 2 heterocycles. The van der Waals surface area contributed by atoms with Crippen LogP contribution in [-0.2, 0) is 0 Å². The van der Waals surface area contributed by atoms with Gasteiger partial charge in [-0.15, -0.1) is 0 Å². The first-order valence-electron chi connectivity index (χ1n) is 8.99. The molecule has 1 amide bonds. The van der Waals surface area contributed by atoms with Gasteiger partial charge in [0.1, 0.15) is 40.9 Å². The van der Waals surface area contributed by atoms with E-state index in [-0.39, 0.29) is 34.7 Å². The first-order valence-corrected chi connectivity index (χ1v) is 8.99. The molecule has 0 fully saturated rings. The van der Waals surface area contributed by atoms with Gasteiger partial charge >= 0.3 is 0 Å². The summed E-state index contributed by atoms with van der Waals surface area (Å²) in [6, 6.07) is 7.46. The highest BCUT2D eigenvalue weighted by molar-refractivity contribution is 5.99. The second-order valence-corrected chi connectivity index (χ2v) is 6.82. The number of nitrogens with one attached hydrogen (secondary N) is 2. The minimum absolute atomic E-state index is 0.0347. The number of anilines is 2. The number of carbonyl (C=O) groups is 1. The summed E-state index contributed by atoms with van der Waals surface area (Å²) < 4.78 is 14.3. The molecule has 4 N–H and O–H groups in total. The maximum atomic E-state index is 14.3. The lowest BCUT2D eigenvalue weighted by Gasteiger charge is -2.19. The number of amides is 1. The van der Waals surface area contributed by atoms with E-state index in [9.17, 15) is 14.4 Å². The summed E-state index contributed by atoms with van der Waals surface area (Å²) in [5.41, 5.74) is 6.59. The molecule has 0 bridgehead atoms. The fourth-order valence-corrected chi connectivity index (χ4v) is 2.92. The van der Waals surface area contributed by atoms with Crippen molar-refractivity contribution in [1.82, 2.24) is 20.3 Å². The molecule has 0 spiro atoms. The largest absolute Gasteiger partial charge is 0.382 e. The van der Waals surface area contributed by atoms with Gasteiger partial charge in [-0.25, -0.2) is 19.3 Å². The summed E-state index contributed by atoms with van der Waals surface area (Å²) >= 11 is 0. The van der Waals surface area contributed by atoms with Crippen LogP contribution < -0.4 is 16.4 Å². The maximum Gasteiger partial charge on any atom is 0.253 e. The van der Waals surface area contributed by atoms with Crippen molar-refractivity contribution >= 4 is 28.4 Å². The van der Waals surface area contributed by atoms with Gasteiger partial charge in [-0.1, -0.05) is 12.1 Å². The number of fused-ring (bicyclic) bond motifs is 1. The van der Waals surface area contributed by atoms with Crippen molar-refractivity contribution in [3.05, 3.63) is 53.2 Å². The lowest BCUT2D eigenvalue weighted by molar-refractivity contribution is 0.0941. The number of carbonyl (C=O) groups excluding carboxylic acids is 1. The van der Waals surface area contributed by atoms with Crippen LogP contribution in [-0.4, -0.2) is 26.9 Å². The number of para-hydroxylation sites is 1. The molecular formula is C20H20FN7O. The van der Waals surface area contributed by atoms with Crippen molar-refractivity contribution in [2.75, 3.05) is 11.1 Å². The quantitative estimate of drug-likeness (QED) is 0.607. The molecule has 0 unspecified atom stereocenters. The zero-order valence-electron chi connectivity index (χ0n) is 16.2. The number of nitrogen functional groups attached to an aromatic ring is 1. The Labute approximate surface area is 167 Å². The molecule has 0 radical (unpaired) electrons. The highest BCUT2D eigenvalue weighted by Crippen LogP contribution is 2.27. The first kappa shape index (κ1) is 19.9. The summed E-state index contributed by atoms with van der Waals surface area (Å²) in [6.45, 7) is 5.42. The molecule has 3 rings (SSSR count). The van der Waals surface area contributed by atoms with Gasteiger partial charge in [0.25, 0.3) is 5.91 Å². The summed E-state index contributed by atoms with van der Waals surface area (Å²) in [4.78, 5) is 25.0. The van der Waals surface area contributed by atoms with E-state index in [0.29, 0.717) is 16.6 Å². The van der Waals surface area contributed by atoms with Crippen LogP contribution in [0, 0.1) is 17.1 Å². The minimum atomic E-state index is -0.576. The third kappa shape index (κ3) is 4.06. The minimum Gasteiger partial charge on any atom is -0.382 e. The lowest BCUT2D eigenvalue weighted by atomic mass is 10.0. The number of halogens is 1. The van der Waals surface area contributed by atoms with Crippen molar-refractivity contribution in [3.8, 4) is 6.07 Å². The van der Waals surface area contributed by atoms with E-state index < -0.39 is 11.9 Å². The third-order valence-electron chi connectivity index (χ3n) is 4.24. The molecule has 1 aromatic carbocycles. The zero-order chi connectivity index (χ0) is 21.1. The number of aromatic nitrogens is 3. The predicted molar refractivity (Wildman–Crippen MR) is 108 cm³/mol. The summed E-state index contributed by atoms with van der Waals surface area (Å²) in [6.07, 6.45) is 1.23. The second-order valence-electron chi connectivity index (χ2n) is 6.82. The van der Waals surface area contributed by atoms with E-state index in [1.54, 1.807) is 25.1 Å². The monoisotopic (exact) mass is 393 g/mol. The Kier molecular flexibility index (Phi) is 5.54. The van der Waals surface area contributed by atoms with Gasteiger partial charge in [-0.3, -0.25) is 4.79 Å². The molecule has 0 saturated carbocycles. The number of nitriles is 1. The Morgan fingerprint density at radius 2 is 2.03 bits per heavy atom. The molecule has 0 aliphatic rings. The van der Waals surface area contributed by atoms with Crippen molar-refractivity contribution in [2.24, 2.45) is 0 Å². The van der Waals surface area contributed by atoms with Gasteiger partial charge in [0.15, 0.2) is 0 Å². The topological polar surface area (TPSA) is 130 Å². The number of nitrogens with two attached hydrogens (primary N) is 1. The maximum absolute atomic E-state index is 14.3. The van der Waals surface area contributed by atoms with E-state index in [1.165, 1.54) is 12.4 Å².